The molecule has 0 bridgehead atoms. The van der Waals surface area contributed by atoms with Crippen LogP contribution in [-0.4, -0.2) is 13.4 Å². The van der Waals surface area contributed by atoms with Crippen molar-refractivity contribution in [1.82, 2.24) is 9.71 Å². The molecule has 4 nitrogen and oxygen atoms in total. The summed E-state index contributed by atoms with van der Waals surface area (Å²) in [6.07, 6.45) is 3.17. The van der Waals surface area contributed by atoms with E-state index in [4.69, 9.17) is 0 Å². The molecule has 0 atom stereocenters. The molecule has 2 rings (SSSR count). The average Bonchev–Trinajstić information content (AvgIpc) is 2.38. The normalized spacial score (nSPS) is 11.4. The molecule has 0 amide bonds. The Morgan fingerprint density at radius 2 is 1.67 bits per heavy atom. The molecule has 0 fully saturated rings. The van der Waals surface area contributed by atoms with Gasteiger partial charge in [-0.2, -0.15) is 0 Å². The van der Waals surface area contributed by atoms with E-state index in [9.17, 15) is 12.8 Å². The molecule has 0 saturated carbocycles. The lowest BCUT2D eigenvalue weighted by Crippen LogP contribution is -2.23. The van der Waals surface area contributed by atoms with Crippen molar-refractivity contribution in [2.24, 2.45) is 0 Å². The van der Waals surface area contributed by atoms with Crippen LogP contribution in [0.2, 0.25) is 0 Å². The third kappa shape index (κ3) is 3.12. The predicted molar refractivity (Wildman–Crippen MR) is 64.7 cm³/mol. The van der Waals surface area contributed by atoms with Crippen LogP contribution >= 0.6 is 0 Å². The van der Waals surface area contributed by atoms with Crippen LogP contribution in [0.3, 0.4) is 0 Å². The first kappa shape index (κ1) is 12.7. The summed E-state index contributed by atoms with van der Waals surface area (Å²) in [6, 6.07) is 8.11. The fourth-order valence-electron chi connectivity index (χ4n) is 1.38. The number of hydrogen-bond acceptors (Lipinski definition) is 3. The molecule has 0 aliphatic rings. The monoisotopic (exact) mass is 266 g/mol. The average molecular weight is 266 g/mol. The van der Waals surface area contributed by atoms with Gasteiger partial charge in [-0.25, -0.2) is 17.5 Å². The van der Waals surface area contributed by atoms with Crippen LogP contribution in [0.1, 0.15) is 5.56 Å². The Kier molecular flexibility index (Phi) is 3.69. The maximum atomic E-state index is 12.7. The number of nitrogens with one attached hydrogen (secondary N) is 1. The Morgan fingerprint density at radius 1 is 1.06 bits per heavy atom. The molecule has 0 saturated heterocycles. The molecule has 0 aliphatic carbocycles. The van der Waals surface area contributed by atoms with Crippen LogP contribution in [0.5, 0.6) is 0 Å². The number of pyridine rings is 1. The highest BCUT2D eigenvalue weighted by molar-refractivity contribution is 7.89. The molecule has 1 heterocycles. The van der Waals surface area contributed by atoms with Crippen molar-refractivity contribution >= 4 is 10.0 Å². The van der Waals surface area contributed by atoms with Crippen molar-refractivity contribution in [3.8, 4) is 0 Å². The molecule has 1 aromatic heterocycles. The lowest BCUT2D eigenvalue weighted by atomic mass is 10.3. The summed E-state index contributed by atoms with van der Waals surface area (Å²) in [5.41, 5.74) is 0.802. The summed E-state index contributed by atoms with van der Waals surface area (Å²) in [6.45, 7) is 0.169. The molecule has 94 valence electrons. The molecule has 2 aromatic rings. The molecule has 0 spiro atoms. The van der Waals surface area contributed by atoms with E-state index in [-0.39, 0.29) is 11.4 Å². The minimum atomic E-state index is -3.61. The third-order valence-electron chi connectivity index (χ3n) is 2.34. The van der Waals surface area contributed by atoms with Gasteiger partial charge in [0.25, 0.3) is 0 Å². The van der Waals surface area contributed by atoms with Gasteiger partial charge in [-0.3, -0.25) is 4.98 Å². The number of rotatable bonds is 4. The second kappa shape index (κ2) is 5.24. The van der Waals surface area contributed by atoms with Gasteiger partial charge in [-0.1, -0.05) is 0 Å². The number of aromatic nitrogens is 1. The fourth-order valence-corrected chi connectivity index (χ4v) is 2.39. The van der Waals surface area contributed by atoms with E-state index in [1.54, 1.807) is 24.5 Å². The quantitative estimate of drug-likeness (QED) is 0.916. The van der Waals surface area contributed by atoms with Gasteiger partial charge in [-0.05, 0) is 42.0 Å². The number of nitrogens with zero attached hydrogens (tertiary/aromatic N) is 1. The molecule has 18 heavy (non-hydrogen) atoms. The lowest BCUT2D eigenvalue weighted by molar-refractivity contribution is 0.580. The van der Waals surface area contributed by atoms with Crippen LogP contribution in [0, 0.1) is 5.82 Å². The third-order valence-corrected chi connectivity index (χ3v) is 3.76. The Bertz CT molecular complexity index is 612. The molecule has 0 radical (unpaired) electrons. The number of halogens is 1. The van der Waals surface area contributed by atoms with E-state index in [2.05, 4.69) is 9.71 Å². The molecule has 0 unspecified atom stereocenters. The van der Waals surface area contributed by atoms with E-state index in [0.29, 0.717) is 0 Å². The largest absolute Gasteiger partial charge is 0.265 e. The Hall–Kier alpha value is -1.79. The topological polar surface area (TPSA) is 59.1 Å². The van der Waals surface area contributed by atoms with Crippen molar-refractivity contribution in [2.75, 3.05) is 0 Å². The molecule has 0 aliphatic heterocycles. The first-order valence-corrected chi connectivity index (χ1v) is 6.70. The standard InChI is InChI=1S/C12H11FN2O2S/c13-11-1-3-12(4-2-11)18(16,17)15-9-10-5-7-14-8-6-10/h1-8,15H,9H2. The SMILES string of the molecule is O=S(=O)(NCc1ccncc1)c1ccc(F)cc1. The van der Waals surface area contributed by atoms with Gasteiger partial charge >= 0.3 is 0 Å². The summed E-state index contributed by atoms with van der Waals surface area (Å²) < 4.78 is 38.9. The molecular weight excluding hydrogens is 255 g/mol. The van der Waals surface area contributed by atoms with Crippen molar-refractivity contribution in [1.29, 1.82) is 0 Å². The minimum Gasteiger partial charge on any atom is -0.265 e. The summed E-state index contributed by atoms with van der Waals surface area (Å²) in [5.74, 6) is -0.469. The van der Waals surface area contributed by atoms with Gasteiger partial charge in [0.05, 0.1) is 4.90 Å². The van der Waals surface area contributed by atoms with Crippen molar-refractivity contribution in [2.45, 2.75) is 11.4 Å². The Labute approximate surface area is 105 Å². The van der Waals surface area contributed by atoms with E-state index in [1.807, 2.05) is 0 Å². The van der Waals surface area contributed by atoms with E-state index in [0.717, 1.165) is 17.7 Å². The smallest absolute Gasteiger partial charge is 0.240 e. The van der Waals surface area contributed by atoms with E-state index >= 15 is 0 Å². The second-order valence-electron chi connectivity index (χ2n) is 3.63. The molecule has 1 aromatic carbocycles. The highest BCUT2D eigenvalue weighted by Gasteiger charge is 2.13. The first-order chi connectivity index (χ1) is 8.58. The van der Waals surface area contributed by atoms with Crippen molar-refractivity contribution < 1.29 is 12.8 Å². The summed E-state index contributed by atoms with van der Waals surface area (Å²) in [5, 5.41) is 0. The zero-order valence-corrected chi connectivity index (χ0v) is 10.2. The van der Waals surface area contributed by atoms with Crippen LogP contribution in [0.25, 0.3) is 0 Å². The highest BCUT2D eigenvalue weighted by atomic mass is 32.2. The maximum Gasteiger partial charge on any atom is 0.240 e. The highest BCUT2D eigenvalue weighted by Crippen LogP contribution is 2.10. The van der Waals surface area contributed by atoms with Crippen molar-refractivity contribution in [3.05, 3.63) is 60.2 Å². The lowest BCUT2D eigenvalue weighted by Gasteiger charge is -2.06. The maximum absolute atomic E-state index is 12.7. The van der Waals surface area contributed by atoms with Gasteiger partial charge < -0.3 is 0 Å². The van der Waals surface area contributed by atoms with Crippen LogP contribution in [0.15, 0.2) is 53.7 Å². The van der Waals surface area contributed by atoms with E-state index < -0.39 is 15.8 Å². The van der Waals surface area contributed by atoms with Crippen LogP contribution < -0.4 is 4.72 Å². The van der Waals surface area contributed by atoms with E-state index in [1.165, 1.54) is 12.1 Å². The number of sulfonamides is 1. The van der Waals surface area contributed by atoms with Crippen molar-refractivity contribution in [3.63, 3.8) is 0 Å². The Morgan fingerprint density at radius 3 is 2.28 bits per heavy atom. The summed E-state index contributed by atoms with van der Waals surface area (Å²) in [7, 11) is -3.61. The molecule has 1 N–H and O–H groups in total. The van der Waals surface area contributed by atoms with Gasteiger partial charge in [0.1, 0.15) is 5.82 Å². The minimum absolute atomic E-state index is 0.0398. The fraction of sp³-hybridized carbons (Fsp3) is 0.0833. The van der Waals surface area contributed by atoms with Crippen LogP contribution in [-0.2, 0) is 16.6 Å². The number of benzene rings is 1. The second-order valence-corrected chi connectivity index (χ2v) is 5.40. The summed E-state index contributed by atoms with van der Waals surface area (Å²) >= 11 is 0. The molecule has 6 heteroatoms. The zero-order chi connectivity index (χ0) is 13.0. The van der Waals surface area contributed by atoms with Gasteiger partial charge in [-0.15, -0.1) is 0 Å². The Balaban J connectivity index is 2.11. The molecular formula is C12H11FN2O2S. The zero-order valence-electron chi connectivity index (χ0n) is 9.38. The van der Waals surface area contributed by atoms with Crippen LogP contribution in [0.4, 0.5) is 4.39 Å². The predicted octanol–water partition coefficient (Wildman–Crippen LogP) is 1.70. The first-order valence-electron chi connectivity index (χ1n) is 5.22. The number of hydrogen-bond donors (Lipinski definition) is 1. The van der Waals surface area contributed by atoms with Gasteiger partial charge in [0, 0.05) is 18.9 Å². The van der Waals surface area contributed by atoms with Gasteiger partial charge in [0.15, 0.2) is 0 Å². The van der Waals surface area contributed by atoms with Gasteiger partial charge in [0.2, 0.25) is 10.0 Å². The summed E-state index contributed by atoms with van der Waals surface area (Å²) in [4.78, 5) is 3.88.